The summed E-state index contributed by atoms with van der Waals surface area (Å²) >= 11 is 0. The second kappa shape index (κ2) is 5.85. The Kier molecular flexibility index (Phi) is 4.70. The van der Waals surface area contributed by atoms with E-state index in [2.05, 4.69) is 0 Å². The average Bonchev–Trinajstić information content (AvgIpc) is 2.27. The second-order valence-corrected chi connectivity index (χ2v) is 4.74. The Morgan fingerprint density at radius 1 is 1.22 bits per heavy atom. The van der Waals surface area contributed by atoms with E-state index < -0.39 is 5.82 Å². The molecule has 0 spiro atoms. The summed E-state index contributed by atoms with van der Waals surface area (Å²) in [6, 6.07) is 4.07. The van der Waals surface area contributed by atoms with Gasteiger partial charge in [0.2, 0.25) is 0 Å². The average molecular weight is 253 g/mol. The van der Waals surface area contributed by atoms with Crippen molar-refractivity contribution in [2.45, 2.75) is 39.8 Å². The molecule has 1 aromatic rings. The van der Waals surface area contributed by atoms with Gasteiger partial charge >= 0.3 is 0 Å². The Bertz CT molecular complexity index is 422. The van der Waals surface area contributed by atoms with E-state index in [1.54, 1.807) is 4.90 Å². The number of halogens is 1. The SMILES string of the molecule is COc1ccc(F)cc1C(=O)N(C(C)C)C(C)C. The molecule has 18 heavy (non-hydrogen) atoms. The third-order valence-corrected chi connectivity index (χ3v) is 2.74. The van der Waals surface area contributed by atoms with Crippen LogP contribution < -0.4 is 4.74 Å². The number of hydrogen-bond donors (Lipinski definition) is 0. The summed E-state index contributed by atoms with van der Waals surface area (Å²) in [6.07, 6.45) is 0. The third kappa shape index (κ3) is 3.00. The Hall–Kier alpha value is -1.58. The molecule has 0 bridgehead atoms. The Labute approximate surface area is 108 Å². The van der Waals surface area contributed by atoms with Gasteiger partial charge in [-0.25, -0.2) is 4.39 Å². The summed E-state index contributed by atoms with van der Waals surface area (Å²) in [6.45, 7) is 7.74. The van der Waals surface area contributed by atoms with Gasteiger partial charge in [-0.05, 0) is 45.9 Å². The number of rotatable bonds is 4. The van der Waals surface area contributed by atoms with E-state index in [0.717, 1.165) is 0 Å². The van der Waals surface area contributed by atoms with Gasteiger partial charge in [0.15, 0.2) is 0 Å². The van der Waals surface area contributed by atoms with Crippen LogP contribution in [0.2, 0.25) is 0 Å². The summed E-state index contributed by atoms with van der Waals surface area (Å²) in [7, 11) is 1.47. The largest absolute Gasteiger partial charge is 0.496 e. The van der Waals surface area contributed by atoms with Gasteiger partial charge in [0, 0.05) is 12.1 Å². The number of nitrogens with zero attached hydrogens (tertiary/aromatic N) is 1. The molecule has 1 rings (SSSR count). The summed E-state index contributed by atoms with van der Waals surface area (Å²) in [5.74, 6) is -0.254. The van der Waals surface area contributed by atoms with Crippen molar-refractivity contribution in [2.75, 3.05) is 7.11 Å². The first-order chi connectivity index (χ1) is 8.38. The number of ether oxygens (including phenoxy) is 1. The molecule has 0 atom stereocenters. The Morgan fingerprint density at radius 3 is 2.22 bits per heavy atom. The van der Waals surface area contributed by atoms with E-state index in [9.17, 15) is 9.18 Å². The molecule has 0 saturated heterocycles. The lowest BCUT2D eigenvalue weighted by Crippen LogP contribution is -2.42. The van der Waals surface area contributed by atoms with Crippen LogP contribution in [0.5, 0.6) is 5.75 Å². The summed E-state index contributed by atoms with van der Waals surface area (Å²) in [4.78, 5) is 14.1. The molecule has 3 nitrogen and oxygen atoms in total. The van der Waals surface area contributed by atoms with Gasteiger partial charge in [0.1, 0.15) is 11.6 Å². The third-order valence-electron chi connectivity index (χ3n) is 2.74. The minimum atomic E-state index is -0.438. The van der Waals surface area contributed by atoms with Gasteiger partial charge in [0.25, 0.3) is 5.91 Å². The molecule has 0 saturated carbocycles. The molecule has 0 aliphatic carbocycles. The van der Waals surface area contributed by atoms with E-state index in [0.29, 0.717) is 5.75 Å². The van der Waals surface area contributed by atoms with Gasteiger partial charge in [-0.1, -0.05) is 0 Å². The van der Waals surface area contributed by atoms with Crippen LogP contribution in [0.15, 0.2) is 18.2 Å². The fourth-order valence-corrected chi connectivity index (χ4v) is 2.05. The normalized spacial score (nSPS) is 10.9. The number of carbonyl (C=O) groups excluding carboxylic acids is 1. The van der Waals surface area contributed by atoms with E-state index >= 15 is 0 Å². The molecule has 0 fully saturated rings. The molecule has 1 aromatic carbocycles. The summed E-state index contributed by atoms with van der Waals surface area (Å²) < 4.78 is 18.4. The lowest BCUT2D eigenvalue weighted by atomic mass is 10.1. The van der Waals surface area contributed by atoms with Crippen molar-refractivity contribution >= 4 is 5.91 Å². The van der Waals surface area contributed by atoms with Gasteiger partial charge in [-0.15, -0.1) is 0 Å². The number of hydrogen-bond acceptors (Lipinski definition) is 2. The Balaban J connectivity index is 3.19. The summed E-state index contributed by atoms with van der Waals surface area (Å²) in [5, 5.41) is 0. The Morgan fingerprint density at radius 2 is 1.78 bits per heavy atom. The molecule has 0 N–H and O–H groups in total. The first-order valence-electron chi connectivity index (χ1n) is 6.04. The molecule has 0 aromatic heterocycles. The van der Waals surface area contributed by atoms with Crippen LogP contribution in [0, 0.1) is 5.82 Å². The van der Waals surface area contributed by atoms with Gasteiger partial charge in [-0.2, -0.15) is 0 Å². The van der Waals surface area contributed by atoms with Crippen molar-refractivity contribution in [3.63, 3.8) is 0 Å². The van der Waals surface area contributed by atoms with Gasteiger partial charge in [-0.3, -0.25) is 4.79 Å². The van der Waals surface area contributed by atoms with Crippen molar-refractivity contribution < 1.29 is 13.9 Å². The lowest BCUT2D eigenvalue weighted by Gasteiger charge is -2.31. The first kappa shape index (κ1) is 14.5. The maximum absolute atomic E-state index is 13.3. The molecular weight excluding hydrogens is 233 g/mol. The fourth-order valence-electron chi connectivity index (χ4n) is 2.05. The van der Waals surface area contributed by atoms with E-state index in [1.165, 1.54) is 25.3 Å². The maximum Gasteiger partial charge on any atom is 0.258 e. The van der Waals surface area contributed by atoms with Gasteiger partial charge in [0.05, 0.1) is 12.7 Å². The quantitative estimate of drug-likeness (QED) is 0.825. The van der Waals surface area contributed by atoms with Crippen LogP contribution in [0.3, 0.4) is 0 Å². The zero-order valence-electron chi connectivity index (χ0n) is 11.5. The van der Waals surface area contributed by atoms with Crippen LogP contribution in [0.4, 0.5) is 4.39 Å². The molecule has 0 aliphatic rings. The van der Waals surface area contributed by atoms with Crippen molar-refractivity contribution in [2.24, 2.45) is 0 Å². The molecule has 0 radical (unpaired) electrons. The van der Waals surface area contributed by atoms with Crippen molar-refractivity contribution in [3.05, 3.63) is 29.6 Å². The number of methoxy groups -OCH3 is 1. The van der Waals surface area contributed by atoms with E-state index in [1.807, 2.05) is 27.7 Å². The van der Waals surface area contributed by atoms with E-state index in [4.69, 9.17) is 4.74 Å². The molecular formula is C14H20FNO2. The topological polar surface area (TPSA) is 29.5 Å². The molecule has 100 valence electrons. The highest BCUT2D eigenvalue weighted by molar-refractivity contribution is 5.97. The summed E-state index contributed by atoms with van der Waals surface area (Å²) in [5.41, 5.74) is 0.264. The standard InChI is InChI=1S/C14H20FNO2/c1-9(2)16(10(3)4)14(17)12-8-11(15)6-7-13(12)18-5/h6-10H,1-5H3. The highest BCUT2D eigenvalue weighted by Gasteiger charge is 2.24. The second-order valence-electron chi connectivity index (χ2n) is 4.74. The zero-order chi connectivity index (χ0) is 13.9. The molecule has 4 heteroatoms. The smallest absolute Gasteiger partial charge is 0.258 e. The first-order valence-corrected chi connectivity index (χ1v) is 6.04. The monoisotopic (exact) mass is 253 g/mol. The predicted molar refractivity (Wildman–Crippen MR) is 69.4 cm³/mol. The van der Waals surface area contributed by atoms with Crippen LogP contribution >= 0.6 is 0 Å². The maximum atomic E-state index is 13.3. The van der Waals surface area contributed by atoms with Crippen molar-refractivity contribution in [1.29, 1.82) is 0 Å². The van der Waals surface area contributed by atoms with Crippen molar-refractivity contribution in [3.8, 4) is 5.75 Å². The van der Waals surface area contributed by atoms with E-state index in [-0.39, 0.29) is 23.6 Å². The van der Waals surface area contributed by atoms with Crippen molar-refractivity contribution in [1.82, 2.24) is 4.90 Å². The minimum absolute atomic E-state index is 0.0467. The molecule has 0 aliphatic heterocycles. The highest BCUT2D eigenvalue weighted by atomic mass is 19.1. The predicted octanol–water partition coefficient (Wildman–Crippen LogP) is 3.09. The van der Waals surface area contributed by atoms with Crippen LogP contribution in [0.25, 0.3) is 0 Å². The number of carbonyl (C=O) groups is 1. The molecule has 0 unspecified atom stereocenters. The van der Waals surface area contributed by atoms with Crippen LogP contribution in [-0.2, 0) is 0 Å². The van der Waals surface area contributed by atoms with Crippen LogP contribution in [-0.4, -0.2) is 30.0 Å². The molecule has 0 heterocycles. The van der Waals surface area contributed by atoms with Crippen LogP contribution in [0.1, 0.15) is 38.1 Å². The number of amides is 1. The minimum Gasteiger partial charge on any atom is -0.496 e. The fraction of sp³-hybridized carbons (Fsp3) is 0.500. The highest BCUT2D eigenvalue weighted by Crippen LogP contribution is 2.23. The van der Waals surface area contributed by atoms with Gasteiger partial charge < -0.3 is 9.64 Å². The zero-order valence-corrected chi connectivity index (χ0v) is 11.5. The lowest BCUT2D eigenvalue weighted by molar-refractivity contribution is 0.0640. The molecule has 1 amide bonds. The number of benzene rings is 1.